The van der Waals surface area contributed by atoms with Gasteiger partial charge in [0.2, 0.25) is 0 Å². The van der Waals surface area contributed by atoms with Gasteiger partial charge in [-0.05, 0) is 43.5 Å². The summed E-state index contributed by atoms with van der Waals surface area (Å²) in [7, 11) is 1.94. The first-order chi connectivity index (χ1) is 7.70. The van der Waals surface area contributed by atoms with Crippen LogP contribution in [-0.2, 0) is 0 Å². The molecule has 0 heterocycles. The fourth-order valence-electron chi connectivity index (χ4n) is 2.07. The van der Waals surface area contributed by atoms with Crippen molar-refractivity contribution in [3.8, 4) is 0 Å². The number of rotatable bonds is 5. The molecule has 0 aromatic heterocycles. The lowest BCUT2D eigenvalue weighted by atomic mass is 10.00. The van der Waals surface area contributed by atoms with Gasteiger partial charge in [0.15, 0.2) is 0 Å². The molecule has 1 saturated carbocycles. The van der Waals surface area contributed by atoms with E-state index in [0.29, 0.717) is 6.04 Å². The Morgan fingerprint density at radius 3 is 2.81 bits per heavy atom. The van der Waals surface area contributed by atoms with Gasteiger partial charge in [-0.25, -0.2) is 4.39 Å². The lowest BCUT2D eigenvalue weighted by molar-refractivity contribution is 0.505. The minimum Gasteiger partial charge on any atom is -0.396 e. The Kier molecular flexibility index (Phi) is 3.44. The molecule has 3 heteroatoms. The highest BCUT2D eigenvalue weighted by Gasteiger charge is 2.22. The summed E-state index contributed by atoms with van der Waals surface area (Å²) in [5, 5.41) is 3.27. The van der Waals surface area contributed by atoms with Crippen LogP contribution >= 0.6 is 0 Å². The lowest BCUT2D eigenvalue weighted by Crippen LogP contribution is -2.16. The van der Waals surface area contributed by atoms with Crippen molar-refractivity contribution in [1.29, 1.82) is 0 Å². The molecule has 0 saturated heterocycles. The van der Waals surface area contributed by atoms with E-state index in [1.165, 1.54) is 25.3 Å². The van der Waals surface area contributed by atoms with Crippen LogP contribution in [0.15, 0.2) is 18.2 Å². The highest BCUT2D eigenvalue weighted by atomic mass is 19.1. The maximum absolute atomic E-state index is 13.0. The minimum absolute atomic E-state index is 0.240. The molecule has 0 radical (unpaired) electrons. The molecule has 0 amide bonds. The van der Waals surface area contributed by atoms with E-state index in [9.17, 15) is 4.39 Å². The number of hydrogen-bond donors (Lipinski definition) is 2. The zero-order chi connectivity index (χ0) is 11.5. The number of nitrogen functional groups attached to an aromatic ring is 1. The van der Waals surface area contributed by atoms with Crippen LogP contribution in [-0.4, -0.2) is 7.05 Å². The van der Waals surface area contributed by atoms with Gasteiger partial charge in [0.25, 0.3) is 0 Å². The van der Waals surface area contributed by atoms with Crippen molar-refractivity contribution in [2.24, 2.45) is 5.92 Å². The van der Waals surface area contributed by atoms with E-state index >= 15 is 0 Å². The summed E-state index contributed by atoms with van der Waals surface area (Å²) >= 11 is 0. The van der Waals surface area contributed by atoms with E-state index in [1.54, 1.807) is 6.07 Å². The quantitative estimate of drug-likeness (QED) is 0.752. The van der Waals surface area contributed by atoms with E-state index < -0.39 is 0 Å². The highest BCUT2D eigenvalue weighted by molar-refractivity contribution is 5.43. The average molecular weight is 222 g/mol. The molecule has 0 spiro atoms. The molecule has 2 rings (SSSR count). The largest absolute Gasteiger partial charge is 0.396 e. The van der Waals surface area contributed by atoms with Gasteiger partial charge >= 0.3 is 0 Å². The Hall–Kier alpha value is -1.09. The molecule has 1 atom stereocenters. The molecule has 2 nitrogen and oxygen atoms in total. The van der Waals surface area contributed by atoms with E-state index in [2.05, 4.69) is 5.32 Å². The van der Waals surface area contributed by atoms with Gasteiger partial charge in [-0.1, -0.05) is 18.9 Å². The van der Waals surface area contributed by atoms with Gasteiger partial charge in [-0.15, -0.1) is 0 Å². The maximum atomic E-state index is 13.0. The van der Waals surface area contributed by atoms with Crippen molar-refractivity contribution >= 4 is 5.69 Å². The van der Waals surface area contributed by atoms with Crippen molar-refractivity contribution in [1.82, 2.24) is 5.32 Å². The molecular weight excluding hydrogens is 203 g/mol. The SMILES string of the molecule is CNC(CCC1CC1)c1ccc(F)c(N)c1. The van der Waals surface area contributed by atoms with Crippen LogP contribution in [0.2, 0.25) is 0 Å². The second kappa shape index (κ2) is 4.83. The van der Waals surface area contributed by atoms with Crippen LogP contribution < -0.4 is 11.1 Å². The zero-order valence-corrected chi connectivity index (χ0v) is 9.67. The third-order valence-electron chi connectivity index (χ3n) is 3.33. The van der Waals surface area contributed by atoms with E-state index in [0.717, 1.165) is 17.9 Å². The van der Waals surface area contributed by atoms with E-state index in [4.69, 9.17) is 5.73 Å². The predicted octanol–water partition coefficient (Wildman–Crippen LogP) is 2.86. The lowest BCUT2D eigenvalue weighted by Gasteiger charge is -2.17. The first kappa shape index (κ1) is 11.4. The number of nitrogens with one attached hydrogen (secondary N) is 1. The molecule has 1 fully saturated rings. The smallest absolute Gasteiger partial charge is 0.146 e. The first-order valence-corrected chi connectivity index (χ1v) is 5.93. The third kappa shape index (κ3) is 2.73. The monoisotopic (exact) mass is 222 g/mol. The van der Waals surface area contributed by atoms with Crippen LogP contribution in [0.1, 0.15) is 37.3 Å². The third-order valence-corrected chi connectivity index (χ3v) is 3.33. The van der Waals surface area contributed by atoms with Crippen LogP contribution in [0, 0.1) is 11.7 Å². The Bertz CT molecular complexity index is 361. The number of hydrogen-bond acceptors (Lipinski definition) is 2. The van der Waals surface area contributed by atoms with Crippen LogP contribution in [0.3, 0.4) is 0 Å². The molecule has 88 valence electrons. The summed E-state index contributed by atoms with van der Waals surface area (Å²) in [5.74, 6) is 0.592. The maximum Gasteiger partial charge on any atom is 0.146 e. The van der Waals surface area contributed by atoms with Crippen LogP contribution in [0.25, 0.3) is 0 Å². The second-order valence-electron chi connectivity index (χ2n) is 4.64. The summed E-state index contributed by atoms with van der Waals surface area (Å²) < 4.78 is 13.0. The Morgan fingerprint density at radius 1 is 1.50 bits per heavy atom. The van der Waals surface area contributed by atoms with Crippen molar-refractivity contribution in [2.75, 3.05) is 12.8 Å². The summed E-state index contributed by atoms with van der Waals surface area (Å²) in [4.78, 5) is 0. The zero-order valence-electron chi connectivity index (χ0n) is 9.67. The van der Waals surface area contributed by atoms with Gasteiger partial charge < -0.3 is 11.1 Å². The van der Waals surface area contributed by atoms with Gasteiger partial charge in [0.1, 0.15) is 5.82 Å². The number of benzene rings is 1. The van der Waals surface area contributed by atoms with Crippen LogP contribution in [0.4, 0.5) is 10.1 Å². The van der Waals surface area contributed by atoms with Gasteiger partial charge in [-0.2, -0.15) is 0 Å². The Balaban J connectivity index is 2.02. The standard InChI is InChI=1S/C13H19FN2/c1-16-13(7-4-9-2-3-9)10-5-6-11(14)12(15)8-10/h5-6,8-9,13,16H,2-4,7,15H2,1H3. The first-order valence-electron chi connectivity index (χ1n) is 5.93. The minimum atomic E-state index is -0.333. The topological polar surface area (TPSA) is 38.0 Å². The summed E-state index contributed by atoms with van der Waals surface area (Å²) in [6.07, 6.45) is 5.11. The Morgan fingerprint density at radius 2 is 2.25 bits per heavy atom. The van der Waals surface area contributed by atoms with E-state index in [1.807, 2.05) is 13.1 Å². The van der Waals surface area contributed by atoms with E-state index in [-0.39, 0.29) is 11.5 Å². The van der Waals surface area contributed by atoms with Gasteiger partial charge in [0.05, 0.1) is 5.69 Å². The molecule has 1 aliphatic carbocycles. The summed E-state index contributed by atoms with van der Waals surface area (Å²) in [6.45, 7) is 0. The van der Waals surface area contributed by atoms with Gasteiger partial charge in [0, 0.05) is 6.04 Å². The molecule has 16 heavy (non-hydrogen) atoms. The molecule has 1 aliphatic rings. The summed E-state index contributed by atoms with van der Waals surface area (Å²) in [6, 6.07) is 5.30. The van der Waals surface area contributed by atoms with Gasteiger partial charge in [-0.3, -0.25) is 0 Å². The highest BCUT2D eigenvalue weighted by Crippen LogP contribution is 2.36. The van der Waals surface area contributed by atoms with Crippen molar-refractivity contribution in [3.05, 3.63) is 29.6 Å². The molecule has 3 N–H and O–H groups in total. The molecule has 0 bridgehead atoms. The fourth-order valence-corrected chi connectivity index (χ4v) is 2.07. The molecule has 1 unspecified atom stereocenters. The normalized spacial score (nSPS) is 17.4. The summed E-state index contributed by atoms with van der Waals surface area (Å²) in [5.41, 5.74) is 6.90. The predicted molar refractivity (Wildman–Crippen MR) is 64.6 cm³/mol. The van der Waals surface area contributed by atoms with Crippen molar-refractivity contribution in [3.63, 3.8) is 0 Å². The van der Waals surface area contributed by atoms with Crippen molar-refractivity contribution < 1.29 is 4.39 Å². The average Bonchev–Trinajstić information content (AvgIpc) is 3.08. The fraction of sp³-hybridized carbons (Fsp3) is 0.538. The molecule has 1 aromatic rings. The molecule has 0 aliphatic heterocycles. The number of anilines is 1. The molecular formula is C13H19FN2. The molecule has 1 aromatic carbocycles. The number of halogens is 1. The Labute approximate surface area is 96.0 Å². The van der Waals surface area contributed by atoms with Crippen LogP contribution in [0.5, 0.6) is 0 Å². The van der Waals surface area contributed by atoms with Crippen molar-refractivity contribution in [2.45, 2.75) is 31.7 Å². The second-order valence-corrected chi connectivity index (χ2v) is 4.64. The number of nitrogens with two attached hydrogens (primary N) is 1.